The lowest BCUT2D eigenvalue weighted by Crippen LogP contribution is -2.34. The van der Waals surface area contributed by atoms with Crippen molar-refractivity contribution in [3.05, 3.63) is 0 Å². The van der Waals surface area contributed by atoms with Gasteiger partial charge in [-0.05, 0) is 18.8 Å². The summed E-state index contributed by atoms with van der Waals surface area (Å²) >= 11 is 0. The third-order valence-corrected chi connectivity index (χ3v) is 2.25. The molecule has 86 valence electrons. The highest BCUT2D eigenvalue weighted by Crippen LogP contribution is 2.01. The summed E-state index contributed by atoms with van der Waals surface area (Å²) in [5.41, 5.74) is 0. The van der Waals surface area contributed by atoms with E-state index in [4.69, 9.17) is 6.42 Å². The molecule has 1 atom stereocenters. The van der Waals surface area contributed by atoms with Crippen LogP contribution in [0, 0.1) is 18.3 Å². The normalized spacial score (nSPS) is 12.2. The molecule has 0 aromatic carbocycles. The number of carbonyl (C=O) groups is 1. The van der Waals surface area contributed by atoms with Crippen LogP contribution in [-0.4, -0.2) is 23.7 Å². The third kappa shape index (κ3) is 8.02. The Morgan fingerprint density at radius 3 is 2.67 bits per heavy atom. The zero-order chi connectivity index (χ0) is 11.7. The van der Waals surface area contributed by atoms with Crippen molar-refractivity contribution in [1.82, 2.24) is 5.32 Å². The minimum absolute atomic E-state index is 0.00767. The highest BCUT2D eigenvalue weighted by Gasteiger charge is 2.10. The van der Waals surface area contributed by atoms with E-state index in [9.17, 15) is 9.90 Å². The van der Waals surface area contributed by atoms with Crippen LogP contribution in [0.3, 0.4) is 0 Å². The van der Waals surface area contributed by atoms with Crippen molar-refractivity contribution >= 4 is 5.91 Å². The van der Waals surface area contributed by atoms with Gasteiger partial charge in [0.05, 0.1) is 6.10 Å². The van der Waals surface area contributed by atoms with Crippen LogP contribution in [0.4, 0.5) is 0 Å². The van der Waals surface area contributed by atoms with Gasteiger partial charge in [0.1, 0.15) is 0 Å². The molecule has 0 fully saturated rings. The number of unbranched alkanes of at least 4 members (excludes halogenated alkanes) is 2. The van der Waals surface area contributed by atoms with E-state index in [2.05, 4.69) is 11.2 Å². The Balaban J connectivity index is 3.46. The summed E-state index contributed by atoms with van der Waals surface area (Å²) in [7, 11) is 0. The van der Waals surface area contributed by atoms with Gasteiger partial charge in [-0.1, -0.05) is 13.8 Å². The molecule has 0 aliphatic carbocycles. The average molecular weight is 211 g/mol. The smallest absolute Gasteiger partial charge is 0.220 e. The van der Waals surface area contributed by atoms with Gasteiger partial charge in [-0.15, -0.1) is 12.3 Å². The number of rotatable bonds is 7. The van der Waals surface area contributed by atoms with Gasteiger partial charge in [-0.3, -0.25) is 4.79 Å². The van der Waals surface area contributed by atoms with E-state index in [1.54, 1.807) is 0 Å². The maximum absolute atomic E-state index is 11.3. The quantitative estimate of drug-likeness (QED) is 0.493. The first kappa shape index (κ1) is 14.0. The van der Waals surface area contributed by atoms with Gasteiger partial charge < -0.3 is 10.4 Å². The number of hydrogen-bond donors (Lipinski definition) is 2. The van der Waals surface area contributed by atoms with E-state index < -0.39 is 6.10 Å². The van der Waals surface area contributed by atoms with E-state index in [0.717, 1.165) is 19.3 Å². The Hall–Kier alpha value is -1.01. The van der Waals surface area contributed by atoms with Gasteiger partial charge in [0.25, 0.3) is 0 Å². The second kappa shape index (κ2) is 8.31. The third-order valence-electron chi connectivity index (χ3n) is 2.25. The maximum atomic E-state index is 11.3. The molecule has 3 nitrogen and oxygen atoms in total. The Labute approximate surface area is 92.3 Å². The second-order valence-corrected chi connectivity index (χ2v) is 4.03. The number of terminal acetylenes is 1. The van der Waals surface area contributed by atoms with Crippen molar-refractivity contribution in [2.75, 3.05) is 6.54 Å². The lowest BCUT2D eigenvalue weighted by atomic mass is 10.1. The molecular formula is C12H21NO2. The zero-order valence-electron chi connectivity index (χ0n) is 9.62. The van der Waals surface area contributed by atoms with Gasteiger partial charge in [0.2, 0.25) is 5.91 Å². The molecule has 0 spiro atoms. The van der Waals surface area contributed by atoms with Crippen LogP contribution < -0.4 is 5.32 Å². The molecule has 0 saturated carbocycles. The van der Waals surface area contributed by atoms with Crippen molar-refractivity contribution in [3.63, 3.8) is 0 Å². The van der Waals surface area contributed by atoms with Crippen LogP contribution in [0.2, 0.25) is 0 Å². The number of carbonyl (C=O) groups excluding carboxylic acids is 1. The molecule has 0 bridgehead atoms. The van der Waals surface area contributed by atoms with E-state index in [-0.39, 0.29) is 11.8 Å². The molecule has 0 rings (SSSR count). The van der Waals surface area contributed by atoms with E-state index >= 15 is 0 Å². The first-order chi connectivity index (χ1) is 7.07. The first-order valence-electron chi connectivity index (χ1n) is 5.46. The fraction of sp³-hybridized carbons (Fsp3) is 0.750. The molecule has 0 saturated heterocycles. The summed E-state index contributed by atoms with van der Waals surface area (Å²) in [6, 6.07) is 0. The van der Waals surface area contributed by atoms with Crippen molar-refractivity contribution in [1.29, 1.82) is 0 Å². The molecule has 0 heterocycles. The van der Waals surface area contributed by atoms with Gasteiger partial charge in [0, 0.05) is 19.4 Å². The van der Waals surface area contributed by atoms with Crippen LogP contribution >= 0.6 is 0 Å². The summed E-state index contributed by atoms with van der Waals surface area (Å²) in [5, 5.41) is 12.1. The lowest BCUT2D eigenvalue weighted by molar-refractivity contribution is -0.121. The molecule has 1 unspecified atom stereocenters. The van der Waals surface area contributed by atoms with Crippen molar-refractivity contribution < 1.29 is 9.90 Å². The molecule has 3 heteroatoms. The summed E-state index contributed by atoms with van der Waals surface area (Å²) < 4.78 is 0. The molecule has 0 radical (unpaired) electrons. The SMILES string of the molecule is C#CCCCCC(=O)NCC(O)C(C)C. The van der Waals surface area contributed by atoms with Gasteiger partial charge in [-0.2, -0.15) is 0 Å². The summed E-state index contributed by atoms with van der Waals surface area (Å²) in [4.78, 5) is 11.3. The summed E-state index contributed by atoms with van der Waals surface area (Å²) in [6.07, 6.45) is 7.55. The molecule has 2 N–H and O–H groups in total. The van der Waals surface area contributed by atoms with E-state index in [1.807, 2.05) is 13.8 Å². The first-order valence-corrected chi connectivity index (χ1v) is 5.46. The summed E-state index contributed by atoms with van der Waals surface area (Å²) in [6.45, 7) is 4.18. The Bertz CT molecular complexity index is 218. The largest absolute Gasteiger partial charge is 0.391 e. The zero-order valence-corrected chi connectivity index (χ0v) is 9.62. The number of amides is 1. The maximum Gasteiger partial charge on any atom is 0.220 e. The van der Waals surface area contributed by atoms with Crippen LogP contribution in [-0.2, 0) is 4.79 Å². The number of nitrogens with one attached hydrogen (secondary N) is 1. The number of hydrogen-bond acceptors (Lipinski definition) is 2. The van der Waals surface area contributed by atoms with Crippen molar-refractivity contribution in [3.8, 4) is 12.3 Å². The molecule has 0 aliphatic rings. The topological polar surface area (TPSA) is 49.3 Å². The Morgan fingerprint density at radius 2 is 2.13 bits per heavy atom. The van der Waals surface area contributed by atoms with E-state index in [0.29, 0.717) is 13.0 Å². The Morgan fingerprint density at radius 1 is 1.47 bits per heavy atom. The fourth-order valence-electron chi connectivity index (χ4n) is 1.06. The monoisotopic (exact) mass is 211 g/mol. The minimum atomic E-state index is -0.459. The van der Waals surface area contributed by atoms with Gasteiger partial charge >= 0.3 is 0 Å². The fourth-order valence-corrected chi connectivity index (χ4v) is 1.06. The summed E-state index contributed by atoms with van der Waals surface area (Å²) in [5.74, 6) is 2.70. The highest BCUT2D eigenvalue weighted by atomic mass is 16.3. The van der Waals surface area contributed by atoms with Gasteiger partial charge in [0.15, 0.2) is 0 Å². The van der Waals surface area contributed by atoms with Crippen molar-refractivity contribution in [2.45, 2.75) is 45.6 Å². The predicted molar refractivity (Wildman–Crippen MR) is 61.2 cm³/mol. The number of aliphatic hydroxyl groups excluding tert-OH is 1. The Kier molecular flexibility index (Phi) is 7.75. The molecular weight excluding hydrogens is 190 g/mol. The van der Waals surface area contributed by atoms with Crippen LogP contribution in [0.25, 0.3) is 0 Å². The standard InChI is InChI=1S/C12H21NO2/c1-4-5-6-7-8-12(15)13-9-11(14)10(2)3/h1,10-11,14H,5-9H2,2-3H3,(H,13,15). The molecule has 15 heavy (non-hydrogen) atoms. The average Bonchev–Trinajstić information content (AvgIpc) is 2.20. The minimum Gasteiger partial charge on any atom is -0.391 e. The second-order valence-electron chi connectivity index (χ2n) is 4.03. The number of aliphatic hydroxyl groups is 1. The molecule has 0 aliphatic heterocycles. The lowest BCUT2D eigenvalue weighted by Gasteiger charge is -2.14. The van der Waals surface area contributed by atoms with Gasteiger partial charge in [-0.25, -0.2) is 0 Å². The molecule has 0 aromatic rings. The van der Waals surface area contributed by atoms with Crippen LogP contribution in [0.15, 0.2) is 0 Å². The van der Waals surface area contributed by atoms with Crippen LogP contribution in [0.5, 0.6) is 0 Å². The van der Waals surface area contributed by atoms with Crippen LogP contribution in [0.1, 0.15) is 39.5 Å². The molecule has 1 amide bonds. The molecule has 0 aromatic heterocycles. The predicted octanol–water partition coefficient (Wildman–Crippen LogP) is 1.31. The van der Waals surface area contributed by atoms with Crippen molar-refractivity contribution in [2.24, 2.45) is 5.92 Å². The van der Waals surface area contributed by atoms with E-state index in [1.165, 1.54) is 0 Å². The highest BCUT2D eigenvalue weighted by molar-refractivity contribution is 5.75.